The van der Waals surface area contributed by atoms with Crippen molar-refractivity contribution in [1.82, 2.24) is 19.1 Å². The maximum Gasteiger partial charge on any atom is 0.161 e. The molecule has 2 aromatic heterocycles. The highest BCUT2D eigenvalue weighted by Crippen LogP contribution is 2.18. The van der Waals surface area contributed by atoms with Crippen molar-refractivity contribution in [3.05, 3.63) is 48.3 Å². The third-order valence-electron chi connectivity index (χ3n) is 3.26. The standard InChI is InChI=1S/C14H14F2N4/c1-2-3-19-8-17-6-10(19)7-20-9-18-13-4-11(15)12(16)5-14(13)20/h4-6,8-9H,2-3,7H2,1H3. The van der Waals surface area contributed by atoms with Gasteiger partial charge >= 0.3 is 0 Å². The molecule has 0 aliphatic carbocycles. The SMILES string of the molecule is CCCn1cncc1Cn1cnc2cc(F)c(F)cc21. The van der Waals surface area contributed by atoms with Crippen LogP contribution in [0.5, 0.6) is 0 Å². The fourth-order valence-electron chi connectivity index (χ4n) is 2.28. The Morgan fingerprint density at radius 1 is 1.10 bits per heavy atom. The molecule has 1 aromatic carbocycles. The van der Waals surface area contributed by atoms with Gasteiger partial charge in [0.05, 0.1) is 35.9 Å². The molecule has 0 atom stereocenters. The van der Waals surface area contributed by atoms with Crippen LogP contribution in [-0.4, -0.2) is 19.1 Å². The Morgan fingerprint density at radius 3 is 2.70 bits per heavy atom. The van der Waals surface area contributed by atoms with Crippen molar-refractivity contribution in [3.63, 3.8) is 0 Å². The Bertz CT molecular complexity index is 745. The third-order valence-corrected chi connectivity index (χ3v) is 3.26. The second kappa shape index (κ2) is 5.03. The van der Waals surface area contributed by atoms with Crippen LogP contribution in [0, 0.1) is 11.6 Å². The Labute approximate surface area is 114 Å². The zero-order valence-electron chi connectivity index (χ0n) is 11.1. The molecule has 0 unspecified atom stereocenters. The van der Waals surface area contributed by atoms with E-state index in [0.29, 0.717) is 17.6 Å². The number of hydrogen-bond donors (Lipinski definition) is 0. The fourth-order valence-corrected chi connectivity index (χ4v) is 2.28. The van der Waals surface area contributed by atoms with Gasteiger partial charge in [-0.2, -0.15) is 0 Å². The lowest BCUT2D eigenvalue weighted by molar-refractivity contribution is 0.510. The first-order valence-corrected chi connectivity index (χ1v) is 6.48. The monoisotopic (exact) mass is 276 g/mol. The number of aromatic nitrogens is 4. The molecule has 0 bridgehead atoms. The van der Waals surface area contributed by atoms with Gasteiger partial charge in [0.2, 0.25) is 0 Å². The summed E-state index contributed by atoms with van der Waals surface area (Å²) in [6, 6.07) is 2.29. The molecule has 0 saturated carbocycles. The highest BCUT2D eigenvalue weighted by Gasteiger charge is 2.10. The van der Waals surface area contributed by atoms with Gasteiger partial charge in [-0.15, -0.1) is 0 Å². The Hall–Kier alpha value is -2.24. The molecule has 0 aliphatic rings. The summed E-state index contributed by atoms with van der Waals surface area (Å²) in [6.07, 6.45) is 6.15. The normalized spacial score (nSPS) is 11.3. The van der Waals surface area contributed by atoms with Crippen LogP contribution in [0.1, 0.15) is 19.0 Å². The molecule has 3 aromatic rings. The smallest absolute Gasteiger partial charge is 0.161 e. The van der Waals surface area contributed by atoms with Crippen molar-refractivity contribution in [3.8, 4) is 0 Å². The number of fused-ring (bicyclic) bond motifs is 1. The second-order valence-corrected chi connectivity index (χ2v) is 4.71. The van der Waals surface area contributed by atoms with E-state index in [4.69, 9.17) is 0 Å². The van der Waals surface area contributed by atoms with Gasteiger partial charge < -0.3 is 9.13 Å². The minimum Gasteiger partial charge on any atom is -0.333 e. The van der Waals surface area contributed by atoms with E-state index >= 15 is 0 Å². The quantitative estimate of drug-likeness (QED) is 0.734. The van der Waals surface area contributed by atoms with Crippen molar-refractivity contribution >= 4 is 11.0 Å². The van der Waals surface area contributed by atoms with Crippen LogP contribution < -0.4 is 0 Å². The van der Waals surface area contributed by atoms with E-state index in [1.807, 2.05) is 4.57 Å². The molecule has 6 heteroatoms. The van der Waals surface area contributed by atoms with Gasteiger partial charge in [0, 0.05) is 24.9 Å². The molecule has 0 spiro atoms. The van der Waals surface area contributed by atoms with E-state index < -0.39 is 11.6 Å². The average Bonchev–Trinajstić information content (AvgIpc) is 3.00. The van der Waals surface area contributed by atoms with Crippen LogP contribution in [0.2, 0.25) is 0 Å². The van der Waals surface area contributed by atoms with Gasteiger partial charge in [-0.3, -0.25) is 0 Å². The summed E-state index contributed by atoms with van der Waals surface area (Å²) in [4.78, 5) is 8.23. The molecule has 2 heterocycles. The zero-order chi connectivity index (χ0) is 14.1. The summed E-state index contributed by atoms with van der Waals surface area (Å²) >= 11 is 0. The summed E-state index contributed by atoms with van der Waals surface area (Å²) in [5.74, 6) is -1.74. The van der Waals surface area contributed by atoms with E-state index in [1.54, 1.807) is 23.4 Å². The van der Waals surface area contributed by atoms with Crippen molar-refractivity contribution in [2.45, 2.75) is 26.4 Å². The lowest BCUT2D eigenvalue weighted by atomic mass is 10.3. The van der Waals surface area contributed by atoms with E-state index in [-0.39, 0.29) is 0 Å². The first-order chi connectivity index (χ1) is 9.69. The topological polar surface area (TPSA) is 35.6 Å². The predicted octanol–water partition coefficient (Wildman–Crippen LogP) is 2.97. The van der Waals surface area contributed by atoms with Crippen LogP contribution in [0.3, 0.4) is 0 Å². The summed E-state index contributed by atoms with van der Waals surface area (Å²) in [5, 5.41) is 0. The number of benzene rings is 1. The molecular formula is C14H14F2N4. The van der Waals surface area contributed by atoms with Crippen molar-refractivity contribution in [2.75, 3.05) is 0 Å². The number of aryl methyl sites for hydroxylation is 1. The molecule has 4 nitrogen and oxygen atoms in total. The minimum atomic E-state index is -0.876. The Kier molecular flexibility index (Phi) is 3.22. The van der Waals surface area contributed by atoms with Crippen molar-refractivity contribution in [2.24, 2.45) is 0 Å². The third kappa shape index (κ3) is 2.17. The van der Waals surface area contributed by atoms with Crippen LogP contribution >= 0.6 is 0 Å². The molecule has 0 saturated heterocycles. The van der Waals surface area contributed by atoms with Crippen LogP contribution in [-0.2, 0) is 13.1 Å². The number of hydrogen-bond acceptors (Lipinski definition) is 2. The largest absolute Gasteiger partial charge is 0.333 e. The van der Waals surface area contributed by atoms with Gasteiger partial charge in [-0.25, -0.2) is 18.7 Å². The van der Waals surface area contributed by atoms with Crippen LogP contribution in [0.4, 0.5) is 8.78 Å². The molecule has 0 aliphatic heterocycles. The van der Waals surface area contributed by atoms with Gasteiger partial charge in [0.1, 0.15) is 0 Å². The molecule has 20 heavy (non-hydrogen) atoms. The second-order valence-electron chi connectivity index (χ2n) is 4.71. The van der Waals surface area contributed by atoms with Gasteiger partial charge in [-0.1, -0.05) is 6.92 Å². The maximum absolute atomic E-state index is 13.4. The van der Waals surface area contributed by atoms with E-state index in [1.165, 1.54) is 6.07 Å². The van der Waals surface area contributed by atoms with Gasteiger partial charge in [-0.05, 0) is 6.42 Å². The molecule has 0 radical (unpaired) electrons. The summed E-state index contributed by atoms with van der Waals surface area (Å²) in [6.45, 7) is 3.50. The van der Waals surface area contributed by atoms with Crippen LogP contribution in [0.15, 0.2) is 31.0 Å². The van der Waals surface area contributed by atoms with Crippen molar-refractivity contribution < 1.29 is 8.78 Å². The molecule has 104 valence electrons. The average molecular weight is 276 g/mol. The van der Waals surface area contributed by atoms with Gasteiger partial charge in [0.25, 0.3) is 0 Å². The van der Waals surface area contributed by atoms with Gasteiger partial charge in [0.15, 0.2) is 11.6 Å². The first kappa shape index (κ1) is 12.8. The maximum atomic E-state index is 13.4. The minimum absolute atomic E-state index is 0.449. The number of halogens is 2. The number of nitrogens with zero attached hydrogens (tertiary/aromatic N) is 4. The lowest BCUT2D eigenvalue weighted by Crippen LogP contribution is -2.06. The molecule has 0 fully saturated rings. The highest BCUT2D eigenvalue weighted by molar-refractivity contribution is 5.75. The van der Waals surface area contributed by atoms with Crippen LogP contribution in [0.25, 0.3) is 11.0 Å². The highest BCUT2D eigenvalue weighted by atomic mass is 19.2. The van der Waals surface area contributed by atoms with E-state index in [2.05, 4.69) is 16.9 Å². The number of imidazole rings is 2. The lowest BCUT2D eigenvalue weighted by Gasteiger charge is -2.08. The Balaban J connectivity index is 1.98. The van der Waals surface area contributed by atoms with E-state index in [9.17, 15) is 8.78 Å². The molecule has 3 rings (SSSR count). The van der Waals surface area contributed by atoms with Crippen molar-refractivity contribution in [1.29, 1.82) is 0 Å². The summed E-state index contributed by atoms with van der Waals surface area (Å²) in [7, 11) is 0. The fraction of sp³-hybridized carbons (Fsp3) is 0.286. The van der Waals surface area contributed by atoms with E-state index in [0.717, 1.165) is 24.7 Å². The summed E-state index contributed by atoms with van der Waals surface area (Å²) in [5.41, 5.74) is 2.04. The first-order valence-electron chi connectivity index (χ1n) is 6.48. The zero-order valence-corrected chi connectivity index (χ0v) is 11.1. The summed E-state index contributed by atoms with van der Waals surface area (Å²) < 4.78 is 30.4. The molecular weight excluding hydrogens is 262 g/mol. The molecule has 0 N–H and O–H groups in total. The predicted molar refractivity (Wildman–Crippen MR) is 71.3 cm³/mol. The molecule has 0 amide bonds. The Morgan fingerprint density at radius 2 is 1.90 bits per heavy atom. The number of rotatable bonds is 4.